The Morgan fingerprint density at radius 1 is 1.20 bits per heavy atom. The van der Waals surface area contributed by atoms with Crippen LogP contribution in [0.2, 0.25) is 5.02 Å². The minimum atomic E-state index is -3.69. The molecule has 2 N–H and O–H groups in total. The summed E-state index contributed by atoms with van der Waals surface area (Å²) in [6.07, 6.45) is 2.82. The van der Waals surface area contributed by atoms with E-state index in [-0.39, 0.29) is 40.1 Å². The third-order valence-corrected chi connectivity index (χ3v) is 6.86. The van der Waals surface area contributed by atoms with E-state index in [4.69, 9.17) is 16.3 Å². The number of ether oxygens (including phenoxy) is 1. The maximum Gasteiger partial charge on any atom is 0.355 e. The second-order valence-corrected chi connectivity index (χ2v) is 9.17. The number of hydrazone groups is 1. The standard InChI is InChI=1S/C18H21ClN4O6S/c19-13-5-4-12(30(27,28)23-8-2-1-3-9-23)10-15(13)20-17(25)11-29-18(26)14-6-7-16(24)22-21-14/h4-5,10H,1-3,6-9,11H2,(H,20,25)(H,22,24). The van der Waals surface area contributed by atoms with Crippen molar-refractivity contribution in [3.63, 3.8) is 0 Å². The van der Waals surface area contributed by atoms with Gasteiger partial charge in [-0.05, 0) is 31.0 Å². The molecule has 0 aliphatic carbocycles. The summed E-state index contributed by atoms with van der Waals surface area (Å²) in [5.74, 6) is -1.82. The van der Waals surface area contributed by atoms with Gasteiger partial charge in [0.2, 0.25) is 15.9 Å². The SMILES string of the molecule is O=C1CCC(C(=O)OCC(=O)Nc2cc(S(=O)(=O)N3CCCCC3)ccc2Cl)=NN1. The highest BCUT2D eigenvalue weighted by Gasteiger charge is 2.27. The minimum Gasteiger partial charge on any atom is -0.451 e. The molecule has 12 heteroatoms. The molecule has 30 heavy (non-hydrogen) atoms. The number of hydrogen-bond acceptors (Lipinski definition) is 7. The molecule has 0 radical (unpaired) electrons. The fraction of sp³-hybridized carbons (Fsp3) is 0.444. The Labute approximate surface area is 178 Å². The van der Waals surface area contributed by atoms with Gasteiger partial charge in [0, 0.05) is 25.9 Å². The number of anilines is 1. The Hall–Kier alpha value is -2.50. The number of nitrogens with zero attached hydrogens (tertiary/aromatic N) is 2. The van der Waals surface area contributed by atoms with Crippen LogP contribution in [0.25, 0.3) is 0 Å². The fourth-order valence-corrected chi connectivity index (χ4v) is 4.75. The third kappa shape index (κ3) is 5.35. The molecule has 1 aromatic carbocycles. The molecule has 1 saturated heterocycles. The van der Waals surface area contributed by atoms with Crippen molar-refractivity contribution in [2.24, 2.45) is 5.10 Å². The average molecular weight is 457 g/mol. The number of nitrogens with one attached hydrogen (secondary N) is 2. The zero-order valence-corrected chi connectivity index (χ0v) is 17.6. The van der Waals surface area contributed by atoms with Crippen molar-refractivity contribution in [3.05, 3.63) is 23.2 Å². The van der Waals surface area contributed by atoms with Crippen LogP contribution in [-0.2, 0) is 29.1 Å². The van der Waals surface area contributed by atoms with Gasteiger partial charge in [-0.2, -0.15) is 9.41 Å². The second-order valence-electron chi connectivity index (χ2n) is 6.82. The van der Waals surface area contributed by atoms with Crippen molar-refractivity contribution in [1.29, 1.82) is 0 Å². The van der Waals surface area contributed by atoms with E-state index in [2.05, 4.69) is 15.8 Å². The fourth-order valence-electron chi connectivity index (χ4n) is 3.04. The van der Waals surface area contributed by atoms with Gasteiger partial charge in [0.05, 0.1) is 15.6 Å². The molecule has 1 fully saturated rings. The monoisotopic (exact) mass is 456 g/mol. The van der Waals surface area contributed by atoms with Crippen molar-refractivity contribution >= 4 is 50.8 Å². The van der Waals surface area contributed by atoms with Gasteiger partial charge in [0.15, 0.2) is 6.61 Å². The Kier molecular flexibility index (Phi) is 7.06. The number of carbonyl (C=O) groups excluding carboxylic acids is 3. The molecule has 0 spiro atoms. The molecule has 0 bridgehead atoms. The number of sulfonamides is 1. The first-order valence-corrected chi connectivity index (χ1v) is 11.2. The zero-order valence-electron chi connectivity index (χ0n) is 16.0. The summed E-state index contributed by atoms with van der Waals surface area (Å²) in [5.41, 5.74) is 2.27. The number of esters is 1. The zero-order chi connectivity index (χ0) is 21.7. The summed E-state index contributed by atoms with van der Waals surface area (Å²) in [5, 5.41) is 6.18. The number of halogens is 1. The second kappa shape index (κ2) is 9.54. The number of rotatable bonds is 6. The lowest BCUT2D eigenvalue weighted by Crippen LogP contribution is -2.35. The molecule has 162 valence electrons. The molecular formula is C18H21ClN4O6S. The minimum absolute atomic E-state index is 0.00931. The first-order valence-electron chi connectivity index (χ1n) is 9.39. The molecule has 2 aliphatic rings. The van der Waals surface area contributed by atoms with Crippen LogP contribution >= 0.6 is 11.6 Å². The molecule has 2 amide bonds. The summed E-state index contributed by atoms with van der Waals surface area (Å²) in [6.45, 7) is 0.283. The maximum absolute atomic E-state index is 12.8. The summed E-state index contributed by atoms with van der Waals surface area (Å²) < 4.78 is 31.9. The van der Waals surface area contributed by atoms with Gasteiger partial charge in [-0.25, -0.2) is 18.6 Å². The maximum atomic E-state index is 12.8. The van der Waals surface area contributed by atoms with Crippen LogP contribution in [0, 0.1) is 0 Å². The molecule has 0 saturated carbocycles. The largest absolute Gasteiger partial charge is 0.451 e. The van der Waals surface area contributed by atoms with E-state index in [1.807, 2.05) is 0 Å². The number of amides is 2. The quantitative estimate of drug-likeness (QED) is 0.619. The van der Waals surface area contributed by atoms with E-state index >= 15 is 0 Å². The molecule has 3 rings (SSSR count). The normalized spacial score (nSPS) is 17.6. The van der Waals surface area contributed by atoms with Crippen LogP contribution < -0.4 is 10.7 Å². The average Bonchev–Trinajstić information content (AvgIpc) is 2.74. The number of piperidine rings is 1. The number of benzene rings is 1. The lowest BCUT2D eigenvalue weighted by molar-refractivity contribution is -0.140. The van der Waals surface area contributed by atoms with Crippen LogP contribution in [0.4, 0.5) is 5.69 Å². The van der Waals surface area contributed by atoms with Crippen LogP contribution in [0.1, 0.15) is 32.1 Å². The number of carbonyl (C=O) groups is 3. The van der Waals surface area contributed by atoms with E-state index in [0.717, 1.165) is 19.3 Å². The predicted molar refractivity (Wildman–Crippen MR) is 108 cm³/mol. The van der Waals surface area contributed by atoms with Gasteiger partial charge in [-0.15, -0.1) is 0 Å². The van der Waals surface area contributed by atoms with Crippen molar-refractivity contribution in [2.75, 3.05) is 25.0 Å². The van der Waals surface area contributed by atoms with Crippen LogP contribution in [-0.4, -0.2) is 55.9 Å². The smallest absolute Gasteiger partial charge is 0.355 e. The van der Waals surface area contributed by atoms with Crippen molar-refractivity contribution in [2.45, 2.75) is 37.0 Å². The third-order valence-electron chi connectivity index (χ3n) is 4.64. The summed E-state index contributed by atoms with van der Waals surface area (Å²) in [6, 6.07) is 4.06. The van der Waals surface area contributed by atoms with Crippen molar-refractivity contribution in [3.8, 4) is 0 Å². The highest BCUT2D eigenvalue weighted by atomic mass is 35.5. The summed E-state index contributed by atoms with van der Waals surface area (Å²) in [4.78, 5) is 35.1. The van der Waals surface area contributed by atoms with Crippen LogP contribution in [0.5, 0.6) is 0 Å². The Morgan fingerprint density at radius 3 is 2.60 bits per heavy atom. The van der Waals surface area contributed by atoms with Crippen LogP contribution in [0.15, 0.2) is 28.2 Å². The highest BCUT2D eigenvalue weighted by Crippen LogP contribution is 2.28. The van der Waals surface area contributed by atoms with Crippen molar-refractivity contribution < 1.29 is 27.5 Å². The van der Waals surface area contributed by atoms with E-state index in [1.54, 1.807) is 0 Å². The number of hydrogen-bond donors (Lipinski definition) is 2. The lowest BCUT2D eigenvalue weighted by Gasteiger charge is -2.26. The van der Waals surface area contributed by atoms with Gasteiger partial charge in [0.25, 0.3) is 5.91 Å². The Balaban J connectivity index is 1.63. The summed E-state index contributed by atoms with van der Waals surface area (Å²) in [7, 11) is -3.69. The van der Waals surface area contributed by atoms with E-state index < -0.39 is 28.5 Å². The van der Waals surface area contributed by atoms with E-state index in [9.17, 15) is 22.8 Å². The van der Waals surface area contributed by atoms with Crippen molar-refractivity contribution in [1.82, 2.24) is 9.73 Å². The first-order chi connectivity index (χ1) is 14.3. The van der Waals surface area contributed by atoms with E-state index in [0.29, 0.717) is 13.1 Å². The highest BCUT2D eigenvalue weighted by molar-refractivity contribution is 7.89. The lowest BCUT2D eigenvalue weighted by atomic mass is 10.2. The Morgan fingerprint density at radius 2 is 1.93 bits per heavy atom. The van der Waals surface area contributed by atoms with Gasteiger partial charge >= 0.3 is 5.97 Å². The van der Waals surface area contributed by atoms with Gasteiger partial charge < -0.3 is 10.1 Å². The molecule has 2 aliphatic heterocycles. The summed E-state index contributed by atoms with van der Waals surface area (Å²) >= 11 is 6.08. The first kappa shape index (κ1) is 22.2. The predicted octanol–water partition coefficient (Wildman–Crippen LogP) is 1.26. The van der Waals surface area contributed by atoms with Crippen LogP contribution in [0.3, 0.4) is 0 Å². The van der Waals surface area contributed by atoms with Gasteiger partial charge in [-0.1, -0.05) is 18.0 Å². The molecule has 1 aromatic rings. The molecule has 0 atom stereocenters. The van der Waals surface area contributed by atoms with Gasteiger partial charge in [-0.3, -0.25) is 9.59 Å². The van der Waals surface area contributed by atoms with Gasteiger partial charge in [0.1, 0.15) is 5.71 Å². The molecule has 0 unspecified atom stereocenters. The van der Waals surface area contributed by atoms with E-state index in [1.165, 1.54) is 22.5 Å². The molecule has 0 aromatic heterocycles. The Bertz CT molecular complexity index is 988. The molecular weight excluding hydrogens is 436 g/mol. The molecule has 10 nitrogen and oxygen atoms in total. The topological polar surface area (TPSA) is 134 Å². The molecule has 2 heterocycles.